The lowest BCUT2D eigenvalue weighted by molar-refractivity contribution is -0.121. The van der Waals surface area contributed by atoms with Gasteiger partial charge in [-0.3, -0.25) is 4.79 Å². The summed E-state index contributed by atoms with van der Waals surface area (Å²) < 4.78 is 0. The van der Waals surface area contributed by atoms with Crippen molar-refractivity contribution < 1.29 is 9.59 Å². The normalized spacial score (nSPS) is 11.1. The third-order valence-electron chi connectivity index (χ3n) is 2.91. The molecule has 6 heteroatoms. The average molecular weight is 288 g/mol. The number of hydrogen-bond donors (Lipinski definition) is 3. The monoisotopic (exact) mass is 288 g/mol. The first-order valence-corrected chi connectivity index (χ1v) is 6.89. The predicted octanol–water partition coefficient (Wildman–Crippen LogP) is 1.98. The van der Waals surface area contributed by atoms with Crippen LogP contribution in [0.4, 0.5) is 10.5 Å². The van der Waals surface area contributed by atoms with E-state index in [1.54, 1.807) is 24.3 Å². The van der Waals surface area contributed by atoms with Gasteiger partial charge in [-0.05, 0) is 31.5 Å². The molecule has 112 valence electrons. The number of carbonyl (C=O) groups is 2. The molecule has 0 radical (unpaired) electrons. The lowest BCUT2D eigenvalue weighted by atomic mass is 10.2. The van der Waals surface area contributed by atoms with Crippen LogP contribution in [-0.4, -0.2) is 24.5 Å². The highest BCUT2D eigenvalue weighted by Gasteiger charge is 2.06. The molecule has 1 aromatic rings. The standard InChI is InChI=1S/C15H20N4O2/c1-3-11(2)18-14(20)7-8-17-15(21)19-13-6-4-5-12(9-13)10-16/h4-6,9,11H,3,7-8H2,1-2H3,(H,18,20)(H2,17,19,21). The van der Waals surface area contributed by atoms with E-state index in [0.717, 1.165) is 6.42 Å². The van der Waals surface area contributed by atoms with Crippen LogP contribution in [0.5, 0.6) is 0 Å². The van der Waals surface area contributed by atoms with E-state index in [9.17, 15) is 9.59 Å². The second-order valence-electron chi connectivity index (χ2n) is 4.70. The van der Waals surface area contributed by atoms with Gasteiger partial charge in [0.05, 0.1) is 11.6 Å². The van der Waals surface area contributed by atoms with Crippen molar-refractivity contribution in [1.29, 1.82) is 5.26 Å². The van der Waals surface area contributed by atoms with E-state index in [2.05, 4.69) is 16.0 Å². The number of nitrogens with zero attached hydrogens (tertiary/aromatic N) is 1. The molecule has 0 saturated heterocycles. The summed E-state index contributed by atoms with van der Waals surface area (Å²) in [6, 6.07) is 8.35. The molecule has 0 spiro atoms. The van der Waals surface area contributed by atoms with Crippen LogP contribution < -0.4 is 16.0 Å². The lowest BCUT2D eigenvalue weighted by Crippen LogP contribution is -2.36. The van der Waals surface area contributed by atoms with Gasteiger partial charge in [-0.25, -0.2) is 4.79 Å². The Bertz CT molecular complexity index is 537. The number of urea groups is 1. The van der Waals surface area contributed by atoms with Crippen molar-refractivity contribution in [2.75, 3.05) is 11.9 Å². The van der Waals surface area contributed by atoms with E-state index in [0.29, 0.717) is 11.3 Å². The lowest BCUT2D eigenvalue weighted by Gasteiger charge is -2.12. The van der Waals surface area contributed by atoms with Gasteiger partial charge in [0.25, 0.3) is 0 Å². The topological polar surface area (TPSA) is 94.0 Å². The van der Waals surface area contributed by atoms with Crippen molar-refractivity contribution in [1.82, 2.24) is 10.6 Å². The van der Waals surface area contributed by atoms with Crippen molar-refractivity contribution in [3.8, 4) is 6.07 Å². The number of nitriles is 1. The molecule has 1 aromatic carbocycles. The highest BCUT2D eigenvalue weighted by Crippen LogP contribution is 2.09. The summed E-state index contributed by atoms with van der Waals surface area (Å²) in [7, 11) is 0. The largest absolute Gasteiger partial charge is 0.354 e. The van der Waals surface area contributed by atoms with Gasteiger partial charge in [0.15, 0.2) is 0 Å². The first-order chi connectivity index (χ1) is 10.0. The quantitative estimate of drug-likeness (QED) is 0.747. The third-order valence-corrected chi connectivity index (χ3v) is 2.91. The summed E-state index contributed by atoms with van der Waals surface area (Å²) in [5, 5.41) is 16.8. The van der Waals surface area contributed by atoms with E-state index in [4.69, 9.17) is 5.26 Å². The van der Waals surface area contributed by atoms with Crippen LogP contribution in [0.15, 0.2) is 24.3 Å². The number of carbonyl (C=O) groups excluding carboxylic acids is 2. The van der Waals surface area contributed by atoms with Gasteiger partial charge in [-0.2, -0.15) is 5.26 Å². The second kappa shape index (κ2) is 8.59. The van der Waals surface area contributed by atoms with Crippen LogP contribution in [0, 0.1) is 11.3 Å². The summed E-state index contributed by atoms with van der Waals surface area (Å²) in [5.74, 6) is -0.0869. The minimum absolute atomic E-state index is 0.0869. The van der Waals surface area contributed by atoms with Gasteiger partial charge >= 0.3 is 6.03 Å². The molecule has 3 N–H and O–H groups in total. The van der Waals surface area contributed by atoms with E-state index in [1.807, 2.05) is 19.9 Å². The van der Waals surface area contributed by atoms with Crippen molar-refractivity contribution in [3.05, 3.63) is 29.8 Å². The summed E-state index contributed by atoms with van der Waals surface area (Å²) in [4.78, 5) is 23.2. The number of nitrogens with one attached hydrogen (secondary N) is 3. The summed E-state index contributed by atoms with van der Waals surface area (Å²) in [6.45, 7) is 4.18. The zero-order valence-electron chi connectivity index (χ0n) is 12.3. The molecule has 0 aliphatic carbocycles. The van der Waals surface area contributed by atoms with Crippen LogP contribution in [0.3, 0.4) is 0 Å². The first-order valence-electron chi connectivity index (χ1n) is 6.89. The number of anilines is 1. The molecule has 0 bridgehead atoms. The number of benzene rings is 1. The second-order valence-corrected chi connectivity index (χ2v) is 4.70. The average Bonchev–Trinajstić information content (AvgIpc) is 2.47. The molecular formula is C15H20N4O2. The van der Waals surface area contributed by atoms with Gasteiger partial charge in [0.1, 0.15) is 0 Å². The molecule has 0 aromatic heterocycles. The van der Waals surface area contributed by atoms with Crippen molar-refractivity contribution in [2.24, 2.45) is 0 Å². The minimum atomic E-state index is -0.401. The number of rotatable bonds is 6. The van der Waals surface area contributed by atoms with E-state index < -0.39 is 6.03 Å². The SMILES string of the molecule is CCC(C)NC(=O)CCNC(=O)Nc1cccc(C#N)c1. The highest BCUT2D eigenvalue weighted by molar-refractivity contribution is 5.89. The highest BCUT2D eigenvalue weighted by atomic mass is 16.2. The van der Waals surface area contributed by atoms with Crippen LogP contribution in [-0.2, 0) is 4.79 Å². The molecule has 3 amide bonds. The van der Waals surface area contributed by atoms with Crippen LogP contribution >= 0.6 is 0 Å². The van der Waals surface area contributed by atoms with E-state index in [1.165, 1.54) is 0 Å². The summed E-state index contributed by atoms with van der Waals surface area (Å²) in [6.07, 6.45) is 1.10. The van der Waals surface area contributed by atoms with Gasteiger partial charge < -0.3 is 16.0 Å². The number of amides is 3. The zero-order chi connectivity index (χ0) is 15.7. The fourth-order valence-electron chi connectivity index (χ4n) is 1.58. The van der Waals surface area contributed by atoms with Gasteiger partial charge in [-0.1, -0.05) is 13.0 Å². The van der Waals surface area contributed by atoms with Gasteiger partial charge in [0, 0.05) is 24.7 Å². The third kappa shape index (κ3) is 6.43. The van der Waals surface area contributed by atoms with Crippen molar-refractivity contribution in [3.63, 3.8) is 0 Å². The molecule has 0 heterocycles. The number of hydrogen-bond acceptors (Lipinski definition) is 3. The molecule has 1 atom stereocenters. The van der Waals surface area contributed by atoms with Crippen LogP contribution in [0.25, 0.3) is 0 Å². The molecule has 1 unspecified atom stereocenters. The Morgan fingerprint density at radius 2 is 2.14 bits per heavy atom. The maximum atomic E-state index is 11.6. The Hall–Kier alpha value is -2.55. The molecule has 0 aliphatic rings. The molecule has 21 heavy (non-hydrogen) atoms. The smallest absolute Gasteiger partial charge is 0.319 e. The van der Waals surface area contributed by atoms with Gasteiger partial charge in [0.2, 0.25) is 5.91 Å². The Morgan fingerprint density at radius 1 is 1.38 bits per heavy atom. The van der Waals surface area contributed by atoms with Crippen LogP contribution in [0.2, 0.25) is 0 Å². The Morgan fingerprint density at radius 3 is 2.81 bits per heavy atom. The molecule has 1 rings (SSSR count). The van der Waals surface area contributed by atoms with E-state index >= 15 is 0 Å². The molecular weight excluding hydrogens is 268 g/mol. The zero-order valence-corrected chi connectivity index (χ0v) is 12.3. The van der Waals surface area contributed by atoms with E-state index in [-0.39, 0.29) is 24.9 Å². The maximum Gasteiger partial charge on any atom is 0.319 e. The Balaban J connectivity index is 2.31. The maximum absolute atomic E-state index is 11.6. The summed E-state index contributed by atoms with van der Waals surface area (Å²) >= 11 is 0. The predicted molar refractivity (Wildman–Crippen MR) is 80.7 cm³/mol. The van der Waals surface area contributed by atoms with Crippen LogP contribution in [0.1, 0.15) is 32.3 Å². The molecule has 6 nitrogen and oxygen atoms in total. The molecule has 0 saturated carbocycles. The fourth-order valence-corrected chi connectivity index (χ4v) is 1.58. The Kier molecular flexibility index (Phi) is 6.75. The Labute approximate surface area is 124 Å². The molecule has 0 aliphatic heterocycles. The molecule has 0 fully saturated rings. The first kappa shape index (κ1) is 16.5. The minimum Gasteiger partial charge on any atom is -0.354 e. The van der Waals surface area contributed by atoms with Gasteiger partial charge in [-0.15, -0.1) is 0 Å². The fraction of sp³-hybridized carbons (Fsp3) is 0.400. The van der Waals surface area contributed by atoms with Crippen molar-refractivity contribution >= 4 is 17.6 Å². The summed E-state index contributed by atoms with van der Waals surface area (Å²) in [5.41, 5.74) is 1.01. The van der Waals surface area contributed by atoms with Crippen molar-refractivity contribution in [2.45, 2.75) is 32.7 Å².